The minimum atomic E-state index is -0.316. The van der Waals surface area contributed by atoms with Crippen molar-refractivity contribution in [3.8, 4) is 0 Å². The maximum absolute atomic E-state index is 5.99. The van der Waals surface area contributed by atoms with E-state index in [1.165, 1.54) is 0 Å². The molecule has 4 heteroatoms. The number of aryl methyl sites for hydroxylation is 2. The third kappa shape index (κ3) is 1.57. The first-order valence-electron chi connectivity index (χ1n) is 5.62. The van der Waals surface area contributed by atoms with Crippen LogP contribution in [0.2, 0.25) is 0 Å². The summed E-state index contributed by atoms with van der Waals surface area (Å²) >= 11 is 0. The number of aromatic nitrogens is 2. The Morgan fingerprint density at radius 1 is 1.06 bits per heavy atom. The number of nitrogens with one attached hydrogen (secondary N) is 1. The second kappa shape index (κ2) is 3.31. The molecule has 90 valence electrons. The summed E-state index contributed by atoms with van der Waals surface area (Å²) in [5, 5.41) is 7.13. The Balaban J connectivity index is 2.34. The van der Waals surface area contributed by atoms with E-state index in [0.717, 1.165) is 17.0 Å². The first kappa shape index (κ1) is 11.6. The van der Waals surface area contributed by atoms with Gasteiger partial charge in [0.15, 0.2) is 6.29 Å². The number of aromatic amines is 1. The Bertz CT molecular complexity index is 372. The van der Waals surface area contributed by atoms with E-state index in [1.807, 2.05) is 13.8 Å². The first-order valence-corrected chi connectivity index (χ1v) is 5.62. The van der Waals surface area contributed by atoms with E-state index in [9.17, 15) is 0 Å². The summed E-state index contributed by atoms with van der Waals surface area (Å²) in [7, 11) is 0. The molecule has 1 fully saturated rings. The molecule has 0 bridgehead atoms. The molecule has 2 rings (SSSR count). The Kier molecular flexibility index (Phi) is 2.40. The van der Waals surface area contributed by atoms with Gasteiger partial charge in [0.2, 0.25) is 0 Å². The highest BCUT2D eigenvalue weighted by molar-refractivity contribution is 5.25. The van der Waals surface area contributed by atoms with Crippen molar-refractivity contribution in [1.29, 1.82) is 0 Å². The van der Waals surface area contributed by atoms with Crippen molar-refractivity contribution in [2.45, 2.75) is 59.0 Å². The van der Waals surface area contributed by atoms with Gasteiger partial charge in [-0.25, -0.2) is 0 Å². The number of rotatable bonds is 1. The van der Waals surface area contributed by atoms with Gasteiger partial charge >= 0.3 is 0 Å². The van der Waals surface area contributed by atoms with Crippen LogP contribution in [0.5, 0.6) is 0 Å². The van der Waals surface area contributed by atoms with Crippen molar-refractivity contribution >= 4 is 0 Å². The van der Waals surface area contributed by atoms with Crippen LogP contribution in [-0.4, -0.2) is 21.4 Å². The standard InChI is InChI=1S/C12H20N2O2/c1-7-9(8(2)14-13-7)10-15-11(3,4)12(5,6)16-10/h10H,1-6H3,(H,13,14). The summed E-state index contributed by atoms with van der Waals surface area (Å²) in [6.45, 7) is 12.2. The van der Waals surface area contributed by atoms with Crippen LogP contribution in [-0.2, 0) is 9.47 Å². The fourth-order valence-corrected chi connectivity index (χ4v) is 1.87. The SMILES string of the molecule is Cc1n[nH]c(C)c1C1OC(C)(C)C(C)(C)O1. The van der Waals surface area contributed by atoms with Crippen molar-refractivity contribution in [2.75, 3.05) is 0 Å². The highest BCUT2D eigenvalue weighted by Gasteiger charge is 2.50. The third-order valence-corrected chi connectivity index (χ3v) is 3.67. The Morgan fingerprint density at radius 2 is 1.56 bits per heavy atom. The smallest absolute Gasteiger partial charge is 0.188 e. The second-order valence-corrected chi connectivity index (χ2v) is 5.44. The molecular weight excluding hydrogens is 204 g/mol. The molecule has 1 aliphatic heterocycles. The number of hydrogen-bond donors (Lipinski definition) is 1. The molecule has 0 spiro atoms. The lowest BCUT2D eigenvalue weighted by molar-refractivity contribution is -0.0902. The van der Waals surface area contributed by atoms with E-state index in [0.29, 0.717) is 0 Å². The van der Waals surface area contributed by atoms with Crippen LogP contribution in [0.3, 0.4) is 0 Å². The predicted octanol–water partition coefficient (Wildman–Crippen LogP) is 2.63. The number of ether oxygens (including phenoxy) is 2. The van der Waals surface area contributed by atoms with Crippen molar-refractivity contribution in [3.05, 3.63) is 17.0 Å². The molecule has 0 unspecified atom stereocenters. The summed E-state index contributed by atoms with van der Waals surface area (Å²) in [6.07, 6.45) is -0.316. The topological polar surface area (TPSA) is 47.1 Å². The van der Waals surface area contributed by atoms with Crippen molar-refractivity contribution in [2.24, 2.45) is 0 Å². The van der Waals surface area contributed by atoms with Gasteiger partial charge in [-0.15, -0.1) is 0 Å². The first-order chi connectivity index (χ1) is 7.24. The predicted molar refractivity (Wildman–Crippen MR) is 61.1 cm³/mol. The zero-order valence-electron chi connectivity index (χ0n) is 10.8. The fourth-order valence-electron chi connectivity index (χ4n) is 1.87. The zero-order valence-corrected chi connectivity index (χ0v) is 10.8. The van der Waals surface area contributed by atoms with Crippen LogP contribution >= 0.6 is 0 Å². The lowest BCUT2D eigenvalue weighted by Crippen LogP contribution is -2.41. The molecule has 1 aromatic rings. The minimum absolute atomic E-state index is 0.298. The average Bonchev–Trinajstić information content (AvgIpc) is 2.52. The largest absolute Gasteiger partial charge is 0.339 e. The van der Waals surface area contributed by atoms with Crippen molar-refractivity contribution < 1.29 is 9.47 Å². The van der Waals surface area contributed by atoms with E-state index in [1.54, 1.807) is 0 Å². The van der Waals surface area contributed by atoms with Crippen LogP contribution in [0.1, 0.15) is 50.9 Å². The molecule has 0 radical (unpaired) electrons. The Labute approximate surface area is 96.3 Å². The summed E-state index contributed by atoms with van der Waals surface area (Å²) in [6, 6.07) is 0. The summed E-state index contributed by atoms with van der Waals surface area (Å²) < 4.78 is 12.0. The maximum atomic E-state index is 5.99. The molecular formula is C12H20N2O2. The summed E-state index contributed by atoms with van der Waals surface area (Å²) in [5.41, 5.74) is 2.38. The van der Waals surface area contributed by atoms with Crippen molar-refractivity contribution in [3.63, 3.8) is 0 Å². The van der Waals surface area contributed by atoms with Gasteiger partial charge in [-0.3, -0.25) is 5.10 Å². The van der Waals surface area contributed by atoms with Gasteiger partial charge in [0.25, 0.3) is 0 Å². The number of H-pyrrole nitrogens is 1. The molecule has 0 saturated carbocycles. The second-order valence-electron chi connectivity index (χ2n) is 5.44. The van der Waals surface area contributed by atoms with Crippen molar-refractivity contribution in [1.82, 2.24) is 10.2 Å². The summed E-state index contributed by atoms with van der Waals surface area (Å²) in [4.78, 5) is 0. The van der Waals surface area contributed by atoms with Gasteiger partial charge in [0, 0.05) is 5.69 Å². The van der Waals surface area contributed by atoms with Crippen LogP contribution in [0.15, 0.2) is 0 Å². The van der Waals surface area contributed by atoms with Crippen LogP contribution in [0, 0.1) is 13.8 Å². The monoisotopic (exact) mass is 224 g/mol. The lowest BCUT2D eigenvalue weighted by atomic mass is 9.90. The molecule has 2 heterocycles. The molecule has 4 nitrogen and oxygen atoms in total. The van der Waals surface area contributed by atoms with E-state index < -0.39 is 0 Å². The normalized spacial score (nSPS) is 23.9. The fraction of sp³-hybridized carbons (Fsp3) is 0.750. The number of nitrogens with zero attached hydrogens (tertiary/aromatic N) is 1. The van der Waals surface area contributed by atoms with E-state index in [2.05, 4.69) is 37.9 Å². The van der Waals surface area contributed by atoms with Gasteiger partial charge in [-0.2, -0.15) is 5.10 Å². The van der Waals surface area contributed by atoms with E-state index in [4.69, 9.17) is 9.47 Å². The third-order valence-electron chi connectivity index (χ3n) is 3.67. The minimum Gasteiger partial charge on any atom is -0.339 e. The molecule has 1 saturated heterocycles. The highest BCUT2D eigenvalue weighted by Crippen LogP contribution is 2.45. The van der Waals surface area contributed by atoms with Gasteiger partial charge in [0.05, 0.1) is 22.5 Å². The van der Waals surface area contributed by atoms with Gasteiger partial charge in [-0.05, 0) is 41.5 Å². The maximum Gasteiger partial charge on any atom is 0.188 e. The molecule has 1 aromatic heterocycles. The lowest BCUT2D eigenvalue weighted by Gasteiger charge is -2.30. The van der Waals surface area contributed by atoms with Gasteiger partial charge in [0.1, 0.15) is 0 Å². The Morgan fingerprint density at radius 3 is 1.94 bits per heavy atom. The zero-order chi connectivity index (χ0) is 12.1. The van der Waals surface area contributed by atoms with Crippen LogP contribution in [0.25, 0.3) is 0 Å². The molecule has 16 heavy (non-hydrogen) atoms. The van der Waals surface area contributed by atoms with Gasteiger partial charge in [-0.1, -0.05) is 0 Å². The van der Waals surface area contributed by atoms with E-state index in [-0.39, 0.29) is 17.5 Å². The molecule has 0 amide bonds. The molecule has 1 aliphatic rings. The summed E-state index contributed by atoms with van der Waals surface area (Å²) in [5.74, 6) is 0. The quantitative estimate of drug-likeness (QED) is 0.797. The molecule has 0 atom stereocenters. The average molecular weight is 224 g/mol. The number of hydrogen-bond acceptors (Lipinski definition) is 3. The highest BCUT2D eigenvalue weighted by atomic mass is 16.7. The van der Waals surface area contributed by atoms with Gasteiger partial charge < -0.3 is 9.47 Å². The Hall–Kier alpha value is -0.870. The molecule has 0 aliphatic carbocycles. The molecule has 0 aromatic carbocycles. The molecule has 1 N–H and O–H groups in total. The van der Waals surface area contributed by atoms with Crippen LogP contribution in [0.4, 0.5) is 0 Å². The van der Waals surface area contributed by atoms with Crippen LogP contribution < -0.4 is 0 Å². The van der Waals surface area contributed by atoms with E-state index >= 15 is 0 Å².